The molecule has 0 unspecified atom stereocenters. The van der Waals surface area contributed by atoms with E-state index in [0.29, 0.717) is 25.0 Å². The first-order chi connectivity index (χ1) is 17.7. The van der Waals surface area contributed by atoms with Crippen molar-refractivity contribution in [3.05, 3.63) is 52.5 Å². The summed E-state index contributed by atoms with van der Waals surface area (Å²) in [6, 6.07) is 7.89. The standard InChI is InChI=1S/C29H38N4O3/c34-29(35)27(24-12-13-25(19-6-7-19)32-26(24)20-8-9-20)33-16-14-23(18-33)36-17-2-1-5-22-11-10-21-4-3-15-30-28(21)31-22/h10-13,19-20,23,27H,1-9,14-18H2,(H,30,31)(H,34,35)/t23-,27+/m1/s1. The van der Waals surface area contributed by atoms with Crippen LogP contribution in [0.25, 0.3) is 0 Å². The molecule has 2 saturated carbocycles. The predicted molar refractivity (Wildman–Crippen MR) is 138 cm³/mol. The van der Waals surface area contributed by atoms with Crippen molar-refractivity contribution in [1.82, 2.24) is 14.9 Å². The number of hydrogen-bond donors (Lipinski definition) is 2. The van der Waals surface area contributed by atoms with Crippen molar-refractivity contribution in [3.63, 3.8) is 0 Å². The summed E-state index contributed by atoms with van der Waals surface area (Å²) in [5.74, 6) is 1.32. The Morgan fingerprint density at radius 3 is 2.75 bits per heavy atom. The molecule has 2 aromatic heterocycles. The number of hydrogen-bond acceptors (Lipinski definition) is 6. The average molecular weight is 491 g/mol. The van der Waals surface area contributed by atoms with Crippen LogP contribution in [0.5, 0.6) is 0 Å². The Kier molecular flexibility index (Phi) is 6.94. The highest BCUT2D eigenvalue weighted by atomic mass is 16.5. The van der Waals surface area contributed by atoms with Crippen LogP contribution in [0.1, 0.15) is 97.5 Å². The molecule has 2 aliphatic carbocycles. The molecule has 0 bridgehead atoms. The number of carbonyl (C=O) groups is 1. The van der Waals surface area contributed by atoms with Crippen LogP contribution in [0.3, 0.4) is 0 Å². The molecule has 192 valence electrons. The molecule has 1 saturated heterocycles. The number of aromatic nitrogens is 2. The minimum atomic E-state index is -0.773. The normalized spacial score (nSPS) is 22.7. The van der Waals surface area contributed by atoms with Crippen molar-refractivity contribution in [2.45, 2.75) is 88.2 Å². The van der Waals surface area contributed by atoms with Crippen LogP contribution >= 0.6 is 0 Å². The van der Waals surface area contributed by atoms with Crippen molar-refractivity contribution < 1.29 is 14.6 Å². The fourth-order valence-electron chi connectivity index (χ4n) is 5.80. The van der Waals surface area contributed by atoms with E-state index in [2.05, 4.69) is 34.5 Å². The molecular formula is C29H38N4O3. The summed E-state index contributed by atoms with van der Waals surface area (Å²) in [6.45, 7) is 3.15. The number of aryl methyl sites for hydroxylation is 2. The minimum Gasteiger partial charge on any atom is -0.480 e. The number of pyridine rings is 2. The first-order valence-corrected chi connectivity index (χ1v) is 14.0. The third-order valence-electron chi connectivity index (χ3n) is 8.14. The van der Waals surface area contributed by atoms with Crippen LogP contribution in [0.15, 0.2) is 24.3 Å². The molecule has 2 N–H and O–H groups in total. The summed E-state index contributed by atoms with van der Waals surface area (Å²) in [7, 11) is 0. The van der Waals surface area contributed by atoms with Gasteiger partial charge in [-0.2, -0.15) is 0 Å². The Bertz CT molecular complexity index is 1100. The Morgan fingerprint density at radius 2 is 1.94 bits per heavy atom. The molecule has 0 spiro atoms. The number of nitrogens with one attached hydrogen (secondary N) is 1. The molecule has 4 aliphatic rings. The highest BCUT2D eigenvalue weighted by Gasteiger charge is 2.39. The van der Waals surface area contributed by atoms with Gasteiger partial charge in [-0.3, -0.25) is 14.7 Å². The summed E-state index contributed by atoms with van der Waals surface area (Å²) >= 11 is 0. The highest BCUT2D eigenvalue weighted by Crippen LogP contribution is 2.46. The summed E-state index contributed by atoms with van der Waals surface area (Å²) in [5, 5.41) is 13.6. The smallest absolute Gasteiger partial charge is 0.325 e. The number of nitrogens with zero attached hydrogens (tertiary/aromatic N) is 3. The van der Waals surface area contributed by atoms with Crippen LogP contribution in [-0.2, 0) is 22.4 Å². The summed E-state index contributed by atoms with van der Waals surface area (Å²) in [6.07, 6.45) is 11.0. The van der Waals surface area contributed by atoms with Crippen molar-refractivity contribution >= 4 is 11.8 Å². The molecule has 7 nitrogen and oxygen atoms in total. The van der Waals surface area contributed by atoms with E-state index in [4.69, 9.17) is 14.7 Å². The summed E-state index contributed by atoms with van der Waals surface area (Å²) in [4.78, 5) is 24.3. The monoisotopic (exact) mass is 490 g/mol. The summed E-state index contributed by atoms with van der Waals surface area (Å²) in [5.41, 5.74) is 5.59. The fourth-order valence-corrected chi connectivity index (χ4v) is 5.80. The molecule has 4 heterocycles. The number of ether oxygens (including phenoxy) is 1. The molecule has 0 radical (unpaired) electrons. The lowest BCUT2D eigenvalue weighted by molar-refractivity contribution is -0.143. The van der Waals surface area contributed by atoms with Gasteiger partial charge in [0.05, 0.1) is 6.10 Å². The number of rotatable bonds is 11. The van der Waals surface area contributed by atoms with Crippen LogP contribution in [0.4, 0.5) is 5.82 Å². The molecule has 2 aliphatic heterocycles. The van der Waals surface area contributed by atoms with Gasteiger partial charge in [-0.05, 0) is 81.9 Å². The van der Waals surface area contributed by atoms with E-state index in [0.717, 1.165) is 86.5 Å². The Hall–Kier alpha value is -2.51. The number of unbranched alkanes of at least 4 members (excludes halogenated alkanes) is 1. The van der Waals surface area contributed by atoms with Gasteiger partial charge in [0.2, 0.25) is 0 Å². The van der Waals surface area contributed by atoms with Gasteiger partial charge in [-0.25, -0.2) is 4.98 Å². The molecule has 2 aromatic rings. The second-order valence-corrected chi connectivity index (χ2v) is 11.1. The predicted octanol–water partition coefficient (Wildman–Crippen LogP) is 4.83. The number of carboxylic acids is 1. The zero-order valence-electron chi connectivity index (χ0n) is 21.1. The van der Waals surface area contributed by atoms with Crippen molar-refractivity contribution in [2.75, 3.05) is 31.6 Å². The maximum Gasteiger partial charge on any atom is 0.325 e. The highest BCUT2D eigenvalue weighted by molar-refractivity contribution is 5.76. The number of aliphatic carboxylic acids is 1. The lowest BCUT2D eigenvalue weighted by atomic mass is 9.99. The SMILES string of the molecule is O=C(O)[C@H](c1ccc(C2CC2)nc1C1CC1)N1CC[C@@H](OCCCCc2ccc3c(n2)NCCC3)C1. The number of fused-ring (bicyclic) bond motifs is 1. The molecule has 6 rings (SSSR count). The number of carboxylic acid groups (broad SMARTS) is 1. The third-order valence-corrected chi connectivity index (χ3v) is 8.14. The lowest BCUT2D eigenvalue weighted by Crippen LogP contribution is -2.34. The molecule has 0 amide bonds. The first kappa shape index (κ1) is 23.9. The Labute approximate surface area is 213 Å². The van der Waals surface area contributed by atoms with Crippen LogP contribution < -0.4 is 5.32 Å². The van der Waals surface area contributed by atoms with Crippen molar-refractivity contribution in [1.29, 1.82) is 0 Å². The van der Waals surface area contributed by atoms with Gasteiger partial charge in [0, 0.05) is 60.7 Å². The largest absolute Gasteiger partial charge is 0.480 e. The maximum absolute atomic E-state index is 12.4. The second kappa shape index (κ2) is 10.5. The number of anilines is 1. The quantitative estimate of drug-likeness (QED) is 0.436. The topological polar surface area (TPSA) is 87.6 Å². The summed E-state index contributed by atoms with van der Waals surface area (Å²) < 4.78 is 6.19. The van der Waals surface area contributed by atoms with Gasteiger partial charge in [0.15, 0.2) is 0 Å². The van der Waals surface area contributed by atoms with E-state index in [1.807, 2.05) is 0 Å². The van der Waals surface area contributed by atoms with Crippen LogP contribution in [0, 0.1) is 0 Å². The van der Waals surface area contributed by atoms with E-state index >= 15 is 0 Å². The van der Waals surface area contributed by atoms with Gasteiger partial charge in [-0.15, -0.1) is 0 Å². The van der Waals surface area contributed by atoms with Crippen molar-refractivity contribution in [3.8, 4) is 0 Å². The molecule has 0 aromatic carbocycles. The first-order valence-electron chi connectivity index (χ1n) is 14.0. The molecule has 36 heavy (non-hydrogen) atoms. The van der Waals surface area contributed by atoms with Gasteiger partial charge in [0.25, 0.3) is 0 Å². The fraction of sp³-hybridized carbons (Fsp3) is 0.621. The van der Waals surface area contributed by atoms with Gasteiger partial charge < -0.3 is 15.2 Å². The molecular weight excluding hydrogens is 452 g/mol. The van der Waals surface area contributed by atoms with Gasteiger partial charge in [0.1, 0.15) is 11.9 Å². The Morgan fingerprint density at radius 1 is 1.08 bits per heavy atom. The van der Waals surface area contributed by atoms with Gasteiger partial charge in [-0.1, -0.05) is 12.1 Å². The van der Waals surface area contributed by atoms with E-state index in [9.17, 15) is 9.90 Å². The molecule has 3 fully saturated rings. The zero-order chi connectivity index (χ0) is 24.5. The van der Waals surface area contributed by atoms with E-state index in [1.54, 1.807) is 0 Å². The molecule has 2 atom stereocenters. The average Bonchev–Trinajstić information content (AvgIpc) is 3.82. The second-order valence-electron chi connectivity index (χ2n) is 11.1. The van der Waals surface area contributed by atoms with Crippen molar-refractivity contribution in [2.24, 2.45) is 0 Å². The number of likely N-dealkylation sites (tertiary alicyclic amines) is 1. The third kappa shape index (κ3) is 5.42. The van der Waals surface area contributed by atoms with Crippen LogP contribution in [0.2, 0.25) is 0 Å². The lowest BCUT2D eigenvalue weighted by Gasteiger charge is -2.26. The maximum atomic E-state index is 12.4. The molecule has 7 heteroatoms. The Balaban J connectivity index is 1.00. The van der Waals surface area contributed by atoms with E-state index in [-0.39, 0.29) is 6.10 Å². The minimum absolute atomic E-state index is 0.0981. The van der Waals surface area contributed by atoms with Gasteiger partial charge >= 0.3 is 5.97 Å². The van der Waals surface area contributed by atoms with Crippen LogP contribution in [-0.4, -0.2) is 58.3 Å². The van der Waals surface area contributed by atoms with E-state index < -0.39 is 12.0 Å². The zero-order valence-corrected chi connectivity index (χ0v) is 21.1. The van der Waals surface area contributed by atoms with E-state index in [1.165, 1.54) is 24.8 Å².